The second kappa shape index (κ2) is 8.44. The van der Waals surface area contributed by atoms with Crippen LogP contribution in [0.2, 0.25) is 0 Å². The average Bonchev–Trinajstić information content (AvgIpc) is 3.24. The molecule has 7 nitrogen and oxygen atoms in total. The van der Waals surface area contributed by atoms with Crippen molar-refractivity contribution < 1.29 is 4.74 Å². The van der Waals surface area contributed by atoms with Gasteiger partial charge in [-0.15, -0.1) is 11.3 Å². The molecule has 29 heavy (non-hydrogen) atoms. The zero-order valence-electron chi connectivity index (χ0n) is 17.2. The molecule has 0 radical (unpaired) electrons. The van der Waals surface area contributed by atoms with Crippen molar-refractivity contribution in [2.24, 2.45) is 0 Å². The van der Waals surface area contributed by atoms with Crippen LogP contribution in [0.1, 0.15) is 36.3 Å². The number of ether oxygens (including phenoxy) is 1. The predicted molar refractivity (Wildman–Crippen MR) is 117 cm³/mol. The van der Waals surface area contributed by atoms with Crippen LogP contribution in [-0.2, 0) is 17.6 Å². The van der Waals surface area contributed by atoms with Crippen molar-refractivity contribution in [1.29, 1.82) is 0 Å². The van der Waals surface area contributed by atoms with Gasteiger partial charge in [0.2, 0.25) is 5.95 Å². The third kappa shape index (κ3) is 4.05. The van der Waals surface area contributed by atoms with Gasteiger partial charge in [0.15, 0.2) is 5.13 Å². The van der Waals surface area contributed by atoms with Crippen molar-refractivity contribution in [2.75, 3.05) is 61.1 Å². The standard InChI is InChI=1S/C21H30N6OS/c1-25(20-22-9-8-19(24-20)26-11-13-28-14-12-26)16-5-4-10-27(15-16)21-23-17-6-2-3-7-18(17)29-21/h8-9,16H,2-7,10-15H2,1H3. The number of rotatable bonds is 4. The van der Waals surface area contributed by atoms with Crippen LogP contribution >= 0.6 is 11.3 Å². The van der Waals surface area contributed by atoms with E-state index in [1.54, 1.807) is 0 Å². The Morgan fingerprint density at radius 1 is 1.07 bits per heavy atom. The maximum atomic E-state index is 5.47. The highest BCUT2D eigenvalue weighted by atomic mass is 32.1. The lowest BCUT2D eigenvalue weighted by molar-refractivity contribution is 0.122. The van der Waals surface area contributed by atoms with Crippen molar-refractivity contribution in [2.45, 2.75) is 44.6 Å². The molecular weight excluding hydrogens is 384 g/mol. The molecule has 1 atom stereocenters. The van der Waals surface area contributed by atoms with Crippen molar-refractivity contribution >= 4 is 28.2 Å². The summed E-state index contributed by atoms with van der Waals surface area (Å²) in [6, 6.07) is 2.42. The molecule has 1 unspecified atom stereocenters. The summed E-state index contributed by atoms with van der Waals surface area (Å²) in [5, 5.41) is 1.22. The quantitative estimate of drug-likeness (QED) is 0.762. The van der Waals surface area contributed by atoms with E-state index >= 15 is 0 Å². The van der Waals surface area contributed by atoms with Crippen LogP contribution in [-0.4, -0.2) is 67.4 Å². The molecule has 3 aliphatic rings. The Balaban J connectivity index is 1.29. The van der Waals surface area contributed by atoms with E-state index in [-0.39, 0.29) is 0 Å². The third-order valence-electron chi connectivity index (χ3n) is 6.33. The second-order valence-corrected chi connectivity index (χ2v) is 9.30. The number of aryl methyl sites for hydroxylation is 2. The van der Waals surface area contributed by atoms with Gasteiger partial charge < -0.3 is 19.4 Å². The molecule has 0 N–H and O–H groups in total. The monoisotopic (exact) mass is 414 g/mol. The highest BCUT2D eigenvalue weighted by Gasteiger charge is 2.28. The number of aromatic nitrogens is 3. The fraction of sp³-hybridized carbons (Fsp3) is 0.667. The Hall–Kier alpha value is -1.93. The molecule has 8 heteroatoms. The first-order chi connectivity index (χ1) is 14.3. The third-order valence-corrected chi connectivity index (χ3v) is 7.55. The van der Waals surface area contributed by atoms with Crippen molar-refractivity contribution in [3.8, 4) is 0 Å². The van der Waals surface area contributed by atoms with E-state index in [0.29, 0.717) is 6.04 Å². The maximum Gasteiger partial charge on any atom is 0.227 e. The number of likely N-dealkylation sites (N-methyl/N-ethyl adjacent to an activating group) is 1. The van der Waals surface area contributed by atoms with E-state index in [4.69, 9.17) is 14.7 Å². The van der Waals surface area contributed by atoms with Crippen LogP contribution in [0.25, 0.3) is 0 Å². The maximum absolute atomic E-state index is 5.47. The molecule has 0 amide bonds. The number of morpholine rings is 1. The lowest BCUT2D eigenvalue weighted by Gasteiger charge is -2.37. The Labute approximate surface area is 176 Å². The molecule has 2 fully saturated rings. The summed E-state index contributed by atoms with van der Waals surface area (Å²) >= 11 is 1.92. The molecule has 0 spiro atoms. The lowest BCUT2D eigenvalue weighted by atomic mass is 10.0. The van der Waals surface area contributed by atoms with Gasteiger partial charge in [-0.2, -0.15) is 4.98 Å². The molecule has 4 heterocycles. The largest absolute Gasteiger partial charge is 0.378 e. The van der Waals surface area contributed by atoms with E-state index in [2.05, 4.69) is 26.7 Å². The van der Waals surface area contributed by atoms with Gasteiger partial charge in [0.25, 0.3) is 0 Å². The number of fused-ring (bicyclic) bond motifs is 1. The minimum absolute atomic E-state index is 0.407. The van der Waals surface area contributed by atoms with Crippen LogP contribution in [0.5, 0.6) is 0 Å². The summed E-state index contributed by atoms with van der Waals surface area (Å²) in [5.41, 5.74) is 1.35. The topological polar surface area (TPSA) is 57.6 Å². The molecule has 2 aromatic rings. The number of thiazole rings is 1. The Morgan fingerprint density at radius 2 is 1.93 bits per heavy atom. The van der Waals surface area contributed by atoms with Gasteiger partial charge in [0.1, 0.15) is 5.82 Å². The molecule has 2 aliphatic heterocycles. The van der Waals surface area contributed by atoms with E-state index in [1.165, 1.54) is 47.8 Å². The van der Waals surface area contributed by atoms with E-state index in [9.17, 15) is 0 Å². The van der Waals surface area contributed by atoms with Crippen LogP contribution in [0.4, 0.5) is 16.9 Å². The fourth-order valence-corrected chi connectivity index (χ4v) is 5.74. The zero-order chi connectivity index (χ0) is 19.6. The molecule has 0 aromatic carbocycles. The van der Waals surface area contributed by atoms with E-state index in [0.717, 1.165) is 57.6 Å². The van der Waals surface area contributed by atoms with Gasteiger partial charge in [-0.1, -0.05) is 0 Å². The number of piperidine rings is 1. The summed E-state index contributed by atoms with van der Waals surface area (Å²) in [5.74, 6) is 1.82. The zero-order valence-corrected chi connectivity index (χ0v) is 18.0. The first-order valence-electron chi connectivity index (χ1n) is 10.9. The second-order valence-electron chi connectivity index (χ2n) is 8.24. The summed E-state index contributed by atoms with van der Waals surface area (Å²) in [7, 11) is 2.14. The molecule has 5 rings (SSSR count). The highest BCUT2D eigenvalue weighted by molar-refractivity contribution is 7.15. The van der Waals surface area contributed by atoms with Crippen LogP contribution < -0.4 is 14.7 Å². The molecule has 1 aliphatic carbocycles. The SMILES string of the molecule is CN(c1nccc(N2CCOCC2)n1)C1CCCN(c2nc3c(s2)CCCC3)C1. The number of nitrogens with zero attached hydrogens (tertiary/aromatic N) is 6. The highest BCUT2D eigenvalue weighted by Crippen LogP contribution is 2.33. The number of hydrogen-bond acceptors (Lipinski definition) is 8. The molecular formula is C21H30N6OS. The van der Waals surface area contributed by atoms with Gasteiger partial charge in [0, 0.05) is 50.3 Å². The first-order valence-corrected chi connectivity index (χ1v) is 11.7. The lowest BCUT2D eigenvalue weighted by Crippen LogP contribution is -2.47. The predicted octanol–water partition coefficient (Wildman–Crippen LogP) is 2.75. The molecule has 156 valence electrons. The summed E-state index contributed by atoms with van der Waals surface area (Å²) < 4.78 is 5.47. The molecule has 0 saturated carbocycles. The first kappa shape index (κ1) is 19.1. The number of hydrogen-bond donors (Lipinski definition) is 0. The van der Waals surface area contributed by atoms with Gasteiger partial charge in [0.05, 0.1) is 18.9 Å². The molecule has 2 aromatic heterocycles. The van der Waals surface area contributed by atoms with Crippen LogP contribution in [0.3, 0.4) is 0 Å². The Morgan fingerprint density at radius 3 is 2.79 bits per heavy atom. The minimum atomic E-state index is 0.407. The molecule has 2 saturated heterocycles. The van der Waals surface area contributed by atoms with Crippen molar-refractivity contribution in [3.63, 3.8) is 0 Å². The van der Waals surface area contributed by atoms with Crippen molar-refractivity contribution in [1.82, 2.24) is 15.0 Å². The molecule has 0 bridgehead atoms. The normalized spacial score (nSPS) is 22.4. The minimum Gasteiger partial charge on any atom is -0.378 e. The average molecular weight is 415 g/mol. The Kier molecular flexibility index (Phi) is 5.54. The van der Waals surface area contributed by atoms with E-state index in [1.807, 2.05) is 23.6 Å². The van der Waals surface area contributed by atoms with Crippen LogP contribution in [0.15, 0.2) is 12.3 Å². The van der Waals surface area contributed by atoms with Gasteiger partial charge in [-0.05, 0) is 44.6 Å². The Bertz CT molecular complexity index is 813. The fourth-order valence-electron chi connectivity index (χ4n) is 4.56. The van der Waals surface area contributed by atoms with Gasteiger partial charge >= 0.3 is 0 Å². The summed E-state index contributed by atoms with van der Waals surface area (Å²) in [6.07, 6.45) is 9.22. The smallest absolute Gasteiger partial charge is 0.227 e. The van der Waals surface area contributed by atoms with Crippen LogP contribution in [0, 0.1) is 0 Å². The van der Waals surface area contributed by atoms with Crippen molar-refractivity contribution in [3.05, 3.63) is 22.8 Å². The van der Waals surface area contributed by atoms with Gasteiger partial charge in [-0.3, -0.25) is 0 Å². The summed E-state index contributed by atoms with van der Waals surface area (Å²) in [4.78, 5) is 23.0. The van der Waals surface area contributed by atoms with E-state index < -0.39 is 0 Å². The summed E-state index contributed by atoms with van der Waals surface area (Å²) in [6.45, 7) is 5.42. The van der Waals surface area contributed by atoms with Gasteiger partial charge in [-0.25, -0.2) is 9.97 Å². The number of anilines is 3.